The molecular weight excluding hydrogens is 386 g/mol. The number of hydrogen-bond acceptors (Lipinski definition) is 5. The Hall–Kier alpha value is -2.84. The summed E-state index contributed by atoms with van der Waals surface area (Å²) in [6, 6.07) is 12.7. The van der Waals surface area contributed by atoms with Crippen LogP contribution in [0.15, 0.2) is 58.5 Å². The molecule has 1 amide bonds. The number of fused-ring (bicyclic) bond motifs is 3. The fourth-order valence-electron chi connectivity index (χ4n) is 2.77. The minimum Gasteiger partial charge on any atom is -0.324 e. The van der Waals surface area contributed by atoms with E-state index in [-0.39, 0.29) is 12.5 Å². The lowest BCUT2D eigenvalue weighted by molar-refractivity contribution is -0.117. The number of benzene rings is 2. The van der Waals surface area contributed by atoms with Crippen molar-refractivity contribution >= 4 is 51.5 Å². The Morgan fingerprint density at radius 3 is 2.93 bits per heavy atom. The van der Waals surface area contributed by atoms with Crippen LogP contribution in [0.2, 0.25) is 5.02 Å². The summed E-state index contributed by atoms with van der Waals surface area (Å²) in [5.74, 6) is -0.334. The van der Waals surface area contributed by atoms with E-state index in [0.29, 0.717) is 27.3 Å². The standard InChI is InChI=1S/C18H14ClN5O2S/c1-27-13-4-2-3-12(8-13)21-16(25)9-24-18(26)23-10-20-15-7-11(19)5-6-14(15)17(23)22-24/h2-8,10H,9H2,1H3,(H,21,25). The summed E-state index contributed by atoms with van der Waals surface area (Å²) in [6.45, 7) is -0.195. The highest BCUT2D eigenvalue weighted by atomic mass is 35.5. The van der Waals surface area contributed by atoms with Crippen molar-refractivity contribution in [3.63, 3.8) is 0 Å². The predicted octanol–water partition coefficient (Wildman–Crippen LogP) is 3.06. The fourth-order valence-corrected chi connectivity index (χ4v) is 3.39. The summed E-state index contributed by atoms with van der Waals surface area (Å²) in [5.41, 5.74) is 1.30. The maximum atomic E-state index is 12.5. The Morgan fingerprint density at radius 1 is 1.26 bits per heavy atom. The molecule has 7 nitrogen and oxygen atoms in total. The van der Waals surface area contributed by atoms with Gasteiger partial charge in [-0.2, -0.15) is 0 Å². The molecule has 0 bridgehead atoms. The van der Waals surface area contributed by atoms with Crippen LogP contribution in [0.1, 0.15) is 0 Å². The second kappa shape index (κ2) is 7.05. The molecule has 0 saturated heterocycles. The first-order chi connectivity index (χ1) is 13.0. The summed E-state index contributed by atoms with van der Waals surface area (Å²) in [5, 5.41) is 8.33. The third-order valence-corrected chi connectivity index (χ3v) is 4.99. The molecule has 27 heavy (non-hydrogen) atoms. The summed E-state index contributed by atoms with van der Waals surface area (Å²) in [6.07, 6.45) is 3.35. The third-order valence-electron chi connectivity index (χ3n) is 4.03. The first kappa shape index (κ1) is 17.6. The average Bonchev–Trinajstić information content (AvgIpc) is 2.97. The van der Waals surface area contributed by atoms with Gasteiger partial charge in [-0.05, 0) is 42.7 Å². The van der Waals surface area contributed by atoms with Gasteiger partial charge in [0.05, 0.1) is 5.52 Å². The second-order valence-corrected chi connectivity index (χ2v) is 7.14. The van der Waals surface area contributed by atoms with E-state index in [9.17, 15) is 9.59 Å². The quantitative estimate of drug-likeness (QED) is 0.533. The van der Waals surface area contributed by atoms with Crippen LogP contribution in [0.3, 0.4) is 0 Å². The van der Waals surface area contributed by atoms with Gasteiger partial charge < -0.3 is 5.32 Å². The van der Waals surface area contributed by atoms with Gasteiger partial charge in [-0.1, -0.05) is 17.7 Å². The van der Waals surface area contributed by atoms with E-state index in [1.165, 1.54) is 10.7 Å². The van der Waals surface area contributed by atoms with E-state index in [4.69, 9.17) is 11.6 Å². The lowest BCUT2D eigenvalue weighted by Crippen LogP contribution is -2.28. The topological polar surface area (TPSA) is 81.3 Å². The zero-order valence-electron chi connectivity index (χ0n) is 14.2. The van der Waals surface area contributed by atoms with E-state index in [1.54, 1.807) is 36.0 Å². The number of rotatable bonds is 4. The number of anilines is 1. The molecule has 0 atom stereocenters. The third kappa shape index (κ3) is 3.41. The van der Waals surface area contributed by atoms with E-state index >= 15 is 0 Å². The normalized spacial score (nSPS) is 11.2. The van der Waals surface area contributed by atoms with Crippen LogP contribution in [0.25, 0.3) is 16.6 Å². The van der Waals surface area contributed by atoms with Gasteiger partial charge in [0, 0.05) is 21.0 Å². The molecule has 9 heteroatoms. The minimum absolute atomic E-state index is 0.195. The minimum atomic E-state index is -0.428. The van der Waals surface area contributed by atoms with Gasteiger partial charge in [0.1, 0.15) is 12.9 Å². The Morgan fingerprint density at radius 2 is 2.11 bits per heavy atom. The largest absolute Gasteiger partial charge is 0.352 e. The molecule has 0 aliphatic rings. The highest BCUT2D eigenvalue weighted by molar-refractivity contribution is 7.98. The number of amides is 1. The van der Waals surface area contributed by atoms with Crippen LogP contribution in [-0.2, 0) is 11.3 Å². The molecule has 0 fully saturated rings. The lowest BCUT2D eigenvalue weighted by Gasteiger charge is -2.06. The van der Waals surface area contributed by atoms with Crippen molar-refractivity contribution in [2.45, 2.75) is 11.4 Å². The Bertz CT molecular complexity index is 1230. The predicted molar refractivity (Wildman–Crippen MR) is 107 cm³/mol. The first-order valence-electron chi connectivity index (χ1n) is 8.02. The number of nitrogens with zero attached hydrogens (tertiary/aromatic N) is 4. The van der Waals surface area contributed by atoms with Crippen molar-refractivity contribution in [1.82, 2.24) is 19.2 Å². The van der Waals surface area contributed by atoms with Crippen LogP contribution >= 0.6 is 23.4 Å². The van der Waals surface area contributed by atoms with E-state index in [0.717, 1.165) is 9.58 Å². The summed E-state index contributed by atoms with van der Waals surface area (Å²) in [4.78, 5) is 30.2. The van der Waals surface area contributed by atoms with Crippen LogP contribution < -0.4 is 11.0 Å². The molecule has 0 unspecified atom stereocenters. The number of carbonyl (C=O) groups excluding carboxylic acids is 1. The maximum absolute atomic E-state index is 12.5. The van der Waals surface area contributed by atoms with Gasteiger partial charge >= 0.3 is 5.69 Å². The fraction of sp³-hybridized carbons (Fsp3) is 0.111. The molecule has 0 saturated carbocycles. The SMILES string of the molecule is CSc1cccc(NC(=O)Cn2nc3c4ccc(Cl)cc4ncn3c2=O)c1. The molecule has 0 radical (unpaired) electrons. The smallest absolute Gasteiger partial charge is 0.324 e. The van der Waals surface area contributed by atoms with Crippen LogP contribution in [0.4, 0.5) is 5.69 Å². The maximum Gasteiger partial charge on any atom is 0.352 e. The molecule has 1 N–H and O–H groups in total. The summed E-state index contributed by atoms with van der Waals surface area (Å²) >= 11 is 7.57. The number of thioether (sulfide) groups is 1. The Balaban J connectivity index is 1.65. The second-order valence-electron chi connectivity index (χ2n) is 5.82. The van der Waals surface area contributed by atoms with Crippen molar-refractivity contribution in [1.29, 1.82) is 0 Å². The molecule has 4 aromatic rings. The van der Waals surface area contributed by atoms with Crippen molar-refractivity contribution in [2.24, 2.45) is 0 Å². The van der Waals surface area contributed by atoms with Gasteiger partial charge in [-0.3, -0.25) is 4.79 Å². The van der Waals surface area contributed by atoms with Gasteiger partial charge in [-0.15, -0.1) is 16.9 Å². The van der Waals surface area contributed by atoms with Crippen molar-refractivity contribution in [3.8, 4) is 0 Å². The van der Waals surface area contributed by atoms with Crippen LogP contribution in [0.5, 0.6) is 0 Å². The number of nitrogens with one attached hydrogen (secondary N) is 1. The van der Waals surface area contributed by atoms with E-state index in [1.807, 2.05) is 24.5 Å². The molecule has 2 aromatic carbocycles. The Labute approximate surface area is 163 Å². The summed E-state index contributed by atoms with van der Waals surface area (Å²) < 4.78 is 2.44. The van der Waals surface area contributed by atoms with Gasteiger partial charge in [0.2, 0.25) is 5.91 Å². The van der Waals surface area contributed by atoms with Crippen molar-refractivity contribution < 1.29 is 4.79 Å². The van der Waals surface area contributed by atoms with Gasteiger partial charge in [0.15, 0.2) is 5.65 Å². The molecule has 0 aliphatic carbocycles. The molecule has 2 heterocycles. The number of hydrogen-bond donors (Lipinski definition) is 1. The van der Waals surface area contributed by atoms with Crippen LogP contribution in [0, 0.1) is 0 Å². The monoisotopic (exact) mass is 399 g/mol. The van der Waals surface area contributed by atoms with Gasteiger partial charge in [0.25, 0.3) is 0 Å². The zero-order chi connectivity index (χ0) is 19.0. The van der Waals surface area contributed by atoms with Crippen LogP contribution in [-0.4, -0.2) is 31.3 Å². The number of halogens is 1. The van der Waals surface area contributed by atoms with Gasteiger partial charge in [-0.25, -0.2) is 18.9 Å². The zero-order valence-corrected chi connectivity index (χ0v) is 15.8. The first-order valence-corrected chi connectivity index (χ1v) is 9.63. The van der Waals surface area contributed by atoms with Crippen molar-refractivity contribution in [3.05, 3.63) is 64.3 Å². The lowest BCUT2D eigenvalue weighted by atomic mass is 10.2. The molecule has 4 rings (SSSR count). The highest BCUT2D eigenvalue weighted by Crippen LogP contribution is 2.20. The number of carbonyl (C=O) groups is 1. The van der Waals surface area contributed by atoms with Crippen molar-refractivity contribution in [2.75, 3.05) is 11.6 Å². The molecule has 0 aliphatic heterocycles. The average molecular weight is 400 g/mol. The highest BCUT2D eigenvalue weighted by Gasteiger charge is 2.14. The molecule has 0 spiro atoms. The van der Waals surface area contributed by atoms with E-state index < -0.39 is 5.69 Å². The summed E-state index contributed by atoms with van der Waals surface area (Å²) in [7, 11) is 0. The molecule has 2 aromatic heterocycles. The van der Waals surface area contributed by atoms with E-state index in [2.05, 4.69) is 15.4 Å². The molecule has 136 valence electrons. The number of aromatic nitrogens is 4. The Kier molecular flexibility index (Phi) is 4.59. The molecular formula is C18H14ClN5O2S.